The number of carbonyl (C=O) groups excluding carboxylic acids is 1. The summed E-state index contributed by atoms with van der Waals surface area (Å²) >= 11 is 0. The highest BCUT2D eigenvalue weighted by atomic mass is 16.5. The quantitative estimate of drug-likeness (QED) is 0.595. The number of carbonyl (C=O) groups is 1. The molecule has 0 aliphatic rings. The first-order valence-electron chi connectivity index (χ1n) is 8.72. The Hall–Kier alpha value is -2.73. The van der Waals surface area contributed by atoms with Crippen molar-refractivity contribution in [2.24, 2.45) is 0 Å². The number of hydrogen-bond donors (Lipinski definition) is 1. The second-order valence-electron chi connectivity index (χ2n) is 6.15. The van der Waals surface area contributed by atoms with Gasteiger partial charge in [-0.05, 0) is 25.5 Å². The van der Waals surface area contributed by atoms with Crippen LogP contribution in [0.5, 0.6) is 5.88 Å². The Morgan fingerprint density at radius 3 is 2.88 bits per heavy atom. The maximum atomic E-state index is 10.9. The van der Waals surface area contributed by atoms with Gasteiger partial charge < -0.3 is 19.3 Å². The van der Waals surface area contributed by atoms with E-state index in [1.807, 2.05) is 24.3 Å². The summed E-state index contributed by atoms with van der Waals surface area (Å²) in [7, 11) is 1.62. The highest BCUT2D eigenvalue weighted by Gasteiger charge is 2.12. The molecule has 1 aromatic carbocycles. The maximum absolute atomic E-state index is 10.9. The number of hydrogen-bond acceptors (Lipinski definition) is 5. The summed E-state index contributed by atoms with van der Waals surface area (Å²) in [5, 5.41) is 1.05. The van der Waals surface area contributed by atoms with Crippen molar-refractivity contribution in [3.8, 4) is 17.1 Å². The van der Waals surface area contributed by atoms with Crippen LogP contribution < -0.4 is 4.74 Å². The first-order chi connectivity index (χ1) is 12.7. The van der Waals surface area contributed by atoms with E-state index in [9.17, 15) is 4.79 Å². The molecule has 0 aliphatic carbocycles. The van der Waals surface area contributed by atoms with E-state index in [0.29, 0.717) is 31.9 Å². The first-order valence-corrected chi connectivity index (χ1v) is 8.72. The zero-order valence-corrected chi connectivity index (χ0v) is 15.1. The van der Waals surface area contributed by atoms with Gasteiger partial charge in [0, 0.05) is 24.8 Å². The van der Waals surface area contributed by atoms with Crippen molar-refractivity contribution in [1.29, 1.82) is 0 Å². The van der Waals surface area contributed by atoms with Crippen molar-refractivity contribution < 1.29 is 14.3 Å². The third kappa shape index (κ3) is 4.46. The molecule has 2 heterocycles. The maximum Gasteiger partial charge on any atom is 0.223 e. The predicted molar refractivity (Wildman–Crippen MR) is 100 cm³/mol. The molecule has 0 radical (unpaired) electrons. The minimum atomic E-state index is 0.196. The molecule has 0 spiro atoms. The number of benzene rings is 1. The van der Waals surface area contributed by atoms with E-state index in [4.69, 9.17) is 9.47 Å². The van der Waals surface area contributed by atoms with Crippen LogP contribution in [0.25, 0.3) is 22.2 Å². The Labute approximate surface area is 152 Å². The number of ether oxygens (including phenoxy) is 2. The number of fused-ring (bicyclic) bond motifs is 1. The van der Waals surface area contributed by atoms with E-state index in [1.165, 1.54) is 0 Å². The predicted octanol–water partition coefficient (Wildman–Crippen LogP) is 3.56. The molecule has 0 amide bonds. The Morgan fingerprint density at radius 2 is 2.08 bits per heavy atom. The van der Waals surface area contributed by atoms with Crippen LogP contribution in [0, 0.1) is 0 Å². The summed E-state index contributed by atoms with van der Waals surface area (Å²) in [6.45, 7) is 2.76. The topological polar surface area (TPSA) is 77.1 Å². The summed E-state index contributed by atoms with van der Waals surface area (Å²) in [5.74, 6) is 1.61. The van der Waals surface area contributed by atoms with Crippen molar-refractivity contribution in [2.45, 2.75) is 26.2 Å². The van der Waals surface area contributed by atoms with Crippen molar-refractivity contribution in [3.63, 3.8) is 0 Å². The number of aromatic amines is 1. The summed E-state index contributed by atoms with van der Waals surface area (Å²) in [6, 6.07) is 9.99. The number of ketones is 1. The van der Waals surface area contributed by atoms with Gasteiger partial charge in [-0.2, -0.15) is 0 Å². The Balaban J connectivity index is 1.66. The molecule has 0 aliphatic heterocycles. The number of rotatable bonds is 9. The van der Waals surface area contributed by atoms with Crippen LogP contribution in [0.4, 0.5) is 0 Å². The minimum absolute atomic E-state index is 0.196. The number of imidazole rings is 1. The number of aromatic nitrogens is 3. The molecule has 6 heteroatoms. The van der Waals surface area contributed by atoms with Crippen molar-refractivity contribution in [1.82, 2.24) is 15.0 Å². The van der Waals surface area contributed by atoms with Gasteiger partial charge in [-0.1, -0.05) is 18.2 Å². The number of methoxy groups -OCH3 is 1. The van der Waals surface area contributed by atoms with E-state index in [0.717, 1.165) is 34.4 Å². The Morgan fingerprint density at radius 1 is 1.23 bits per heavy atom. The molecule has 0 atom stereocenters. The van der Waals surface area contributed by atoms with Crippen LogP contribution in [0.2, 0.25) is 0 Å². The fourth-order valence-corrected chi connectivity index (χ4v) is 2.77. The zero-order valence-electron chi connectivity index (χ0n) is 15.1. The molecule has 0 fully saturated rings. The van der Waals surface area contributed by atoms with Crippen LogP contribution >= 0.6 is 0 Å². The van der Waals surface area contributed by atoms with Crippen LogP contribution in [0.3, 0.4) is 0 Å². The molecule has 3 aromatic rings. The molecule has 2 aromatic heterocycles. The Bertz CT molecular complexity index is 889. The molecule has 0 saturated carbocycles. The van der Waals surface area contributed by atoms with Gasteiger partial charge in [0.25, 0.3) is 0 Å². The lowest BCUT2D eigenvalue weighted by molar-refractivity contribution is -0.117. The third-order valence-electron chi connectivity index (χ3n) is 4.10. The lowest BCUT2D eigenvalue weighted by atomic mass is 10.1. The van der Waals surface area contributed by atoms with E-state index in [1.54, 1.807) is 20.2 Å². The van der Waals surface area contributed by atoms with E-state index >= 15 is 0 Å². The lowest BCUT2D eigenvalue weighted by Gasteiger charge is -2.08. The molecule has 136 valence electrons. The fraction of sp³-hybridized carbons (Fsp3) is 0.350. The van der Waals surface area contributed by atoms with Gasteiger partial charge in [0.1, 0.15) is 11.6 Å². The van der Waals surface area contributed by atoms with Gasteiger partial charge in [0.05, 0.1) is 36.7 Å². The zero-order chi connectivity index (χ0) is 18.4. The van der Waals surface area contributed by atoms with Crippen molar-refractivity contribution in [2.75, 3.05) is 20.3 Å². The Kier molecular flexibility index (Phi) is 5.96. The highest BCUT2D eigenvalue weighted by molar-refractivity contribution is 5.85. The van der Waals surface area contributed by atoms with E-state index in [-0.39, 0.29) is 5.78 Å². The van der Waals surface area contributed by atoms with Gasteiger partial charge in [-0.25, -0.2) is 9.97 Å². The molecule has 6 nitrogen and oxygen atoms in total. The number of pyridine rings is 1. The van der Waals surface area contributed by atoms with Crippen LogP contribution in [0.15, 0.2) is 36.5 Å². The van der Waals surface area contributed by atoms with Crippen molar-refractivity contribution in [3.05, 3.63) is 42.4 Å². The third-order valence-corrected chi connectivity index (χ3v) is 4.10. The number of Topliss-reactive ketones (excluding diaryl/α,β-unsaturated/α-hetero) is 1. The van der Waals surface area contributed by atoms with Gasteiger partial charge in [-0.3, -0.25) is 0 Å². The number of H-pyrrole nitrogens is 1. The normalized spacial score (nSPS) is 11.0. The van der Waals surface area contributed by atoms with E-state index in [2.05, 4.69) is 21.0 Å². The molecular formula is C20H23N3O3. The fourth-order valence-electron chi connectivity index (χ4n) is 2.77. The van der Waals surface area contributed by atoms with Crippen LogP contribution in [-0.4, -0.2) is 41.1 Å². The SMILES string of the molecule is COc1nc2ccccc2cc1-c1cnc(CCOCCCC(C)=O)[nH]1. The molecule has 26 heavy (non-hydrogen) atoms. The highest BCUT2D eigenvalue weighted by Crippen LogP contribution is 2.30. The van der Waals surface area contributed by atoms with E-state index < -0.39 is 0 Å². The molecule has 0 bridgehead atoms. The summed E-state index contributed by atoms with van der Waals surface area (Å²) < 4.78 is 11.0. The average Bonchev–Trinajstić information content (AvgIpc) is 3.12. The van der Waals surface area contributed by atoms with Gasteiger partial charge in [0.2, 0.25) is 5.88 Å². The first kappa shape index (κ1) is 18.1. The second kappa shape index (κ2) is 8.58. The summed E-state index contributed by atoms with van der Waals surface area (Å²) in [5.41, 5.74) is 2.64. The smallest absolute Gasteiger partial charge is 0.223 e. The molecule has 0 unspecified atom stereocenters. The number of nitrogens with one attached hydrogen (secondary N) is 1. The minimum Gasteiger partial charge on any atom is -0.480 e. The number of para-hydroxylation sites is 1. The van der Waals surface area contributed by atoms with Crippen molar-refractivity contribution >= 4 is 16.7 Å². The lowest BCUT2D eigenvalue weighted by Crippen LogP contribution is -2.03. The molecule has 3 rings (SSSR count). The van der Waals surface area contributed by atoms with Gasteiger partial charge in [-0.15, -0.1) is 0 Å². The van der Waals surface area contributed by atoms with Crippen LogP contribution in [0.1, 0.15) is 25.6 Å². The molecule has 1 N–H and O–H groups in total. The molecule has 0 saturated heterocycles. The van der Waals surface area contributed by atoms with Gasteiger partial charge in [0.15, 0.2) is 0 Å². The molecular weight excluding hydrogens is 330 g/mol. The average molecular weight is 353 g/mol. The second-order valence-corrected chi connectivity index (χ2v) is 6.15. The van der Waals surface area contributed by atoms with Crippen LogP contribution in [-0.2, 0) is 16.0 Å². The van der Waals surface area contributed by atoms with Gasteiger partial charge >= 0.3 is 0 Å². The largest absolute Gasteiger partial charge is 0.480 e. The summed E-state index contributed by atoms with van der Waals surface area (Å²) in [4.78, 5) is 23.2. The summed E-state index contributed by atoms with van der Waals surface area (Å²) in [6.07, 6.45) is 3.81. The standard InChI is InChI=1S/C20H23N3O3/c1-14(24)6-5-10-26-11-9-19-21-13-18(22-19)16-12-15-7-3-4-8-17(15)23-20(16)25-2/h3-4,7-8,12-13H,5-6,9-11H2,1-2H3,(H,21,22). The monoisotopic (exact) mass is 353 g/mol. The number of nitrogens with zero attached hydrogens (tertiary/aromatic N) is 2.